The highest BCUT2D eigenvalue weighted by molar-refractivity contribution is 6.01. The first-order valence-electron chi connectivity index (χ1n) is 9.25. The zero-order chi connectivity index (χ0) is 20.4. The maximum atomic E-state index is 12.6. The van der Waals surface area contributed by atoms with Gasteiger partial charge in [-0.15, -0.1) is 0 Å². The van der Waals surface area contributed by atoms with E-state index in [0.717, 1.165) is 31.8 Å². The molecule has 11 heteroatoms. The molecule has 0 atom stereocenters. The number of carbonyl (C=O) groups excluding carboxylic acids is 1. The minimum absolute atomic E-state index is 0.0477. The molecule has 3 aromatic rings. The van der Waals surface area contributed by atoms with Crippen molar-refractivity contribution in [2.75, 3.05) is 18.4 Å². The van der Waals surface area contributed by atoms with Crippen LogP contribution in [0.4, 0.5) is 11.6 Å². The third-order valence-corrected chi connectivity index (χ3v) is 4.84. The summed E-state index contributed by atoms with van der Waals surface area (Å²) in [7, 11) is 1.73. The van der Waals surface area contributed by atoms with Gasteiger partial charge in [0.25, 0.3) is 11.6 Å². The molecule has 0 bridgehead atoms. The number of carbonyl (C=O) groups is 1. The van der Waals surface area contributed by atoms with Crippen LogP contribution in [0.15, 0.2) is 36.5 Å². The predicted octanol–water partition coefficient (Wildman–Crippen LogP) is 1.63. The average molecular weight is 396 g/mol. The number of benzene rings is 1. The van der Waals surface area contributed by atoms with Crippen molar-refractivity contribution in [1.29, 1.82) is 0 Å². The number of non-ortho nitro benzene ring substituents is 1. The molecule has 0 radical (unpaired) electrons. The number of rotatable bonds is 5. The molecule has 2 N–H and O–H groups in total. The Morgan fingerprint density at radius 2 is 2.07 bits per heavy atom. The lowest BCUT2D eigenvalue weighted by atomic mass is 9.98. The molecule has 1 fully saturated rings. The monoisotopic (exact) mass is 396 g/mol. The van der Waals surface area contributed by atoms with E-state index >= 15 is 0 Å². The molecule has 0 aliphatic carbocycles. The van der Waals surface area contributed by atoms with Crippen LogP contribution in [-0.2, 0) is 7.05 Å². The van der Waals surface area contributed by atoms with Crippen LogP contribution in [-0.4, -0.2) is 48.5 Å². The Balaban J connectivity index is 1.49. The van der Waals surface area contributed by atoms with Crippen molar-refractivity contribution >= 4 is 17.5 Å². The summed E-state index contributed by atoms with van der Waals surface area (Å²) < 4.78 is 2.96. The number of nitro benzene ring substituents is 1. The summed E-state index contributed by atoms with van der Waals surface area (Å²) in [6, 6.07) is 7.57. The van der Waals surface area contributed by atoms with Gasteiger partial charge >= 0.3 is 0 Å². The molecule has 3 heterocycles. The largest absolute Gasteiger partial charge is 0.317 e. The Morgan fingerprint density at radius 1 is 1.28 bits per heavy atom. The normalized spacial score (nSPS) is 14.7. The highest BCUT2D eigenvalue weighted by Gasteiger charge is 2.22. The SMILES string of the molecule is Cn1nc(C2CCNCC2)nc1NC(=O)c1ccn(-c2cccc([N+](=O)[O-])c2)n1. The van der Waals surface area contributed by atoms with Gasteiger partial charge in [-0.2, -0.15) is 15.2 Å². The fraction of sp³-hybridized carbons (Fsp3) is 0.333. The van der Waals surface area contributed by atoms with E-state index in [9.17, 15) is 14.9 Å². The number of anilines is 1. The lowest BCUT2D eigenvalue weighted by Gasteiger charge is -2.19. The average Bonchev–Trinajstić information content (AvgIpc) is 3.36. The van der Waals surface area contributed by atoms with Gasteiger partial charge in [0.15, 0.2) is 11.5 Å². The standard InChI is InChI=1S/C18H20N8O3/c1-24-18(20-16(23-24)12-5-8-19-9-6-12)21-17(27)15-7-10-25(22-15)13-3-2-4-14(11-13)26(28)29/h2-4,7,10-12,19H,5-6,8-9H2,1H3,(H,20,21,23,27). The summed E-state index contributed by atoms with van der Waals surface area (Å²) in [4.78, 5) is 27.5. The van der Waals surface area contributed by atoms with Crippen molar-refractivity contribution in [2.45, 2.75) is 18.8 Å². The van der Waals surface area contributed by atoms with E-state index in [2.05, 4.69) is 25.8 Å². The molecule has 1 saturated heterocycles. The van der Waals surface area contributed by atoms with Crippen LogP contribution >= 0.6 is 0 Å². The lowest BCUT2D eigenvalue weighted by Crippen LogP contribution is -2.27. The molecular formula is C18H20N8O3. The molecule has 0 unspecified atom stereocenters. The van der Waals surface area contributed by atoms with Crippen molar-refractivity contribution in [3.05, 3.63) is 58.2 Å². The number of hydrogen-bond acceptors (Lipinski definition) is 7. The Labute approximate surface area is 165 Å². The summed E-state index contributed by atoms with van der Waals surface area (Å²) >= 11 is 0. The summed E-state index contributed by atoms with van der Waals surface area (Å²) in [6.45, 7) is 1.86. The lowest BCUT2D eigenvalue weighted by molar-refractivity contribution is -0.384. The Kier molecular flexibility index (Phi) is 5.04. The van der Waals surface area contributed by atoms with Gasteiger partial charge in [0.2, 0.25) is 5.95 Å². The number of amides is 1. The van der Waals surface area contributed by atoms with Crippen LogP contribution in [0.1, 0.15) is 35.1 Å². The molecule has 29 heavy (non-hydrogen) atoms. The number of aryl methyl sites for hydroxylation is 1. The summed E-state index contributed by atoms with van der Waals surface area (Å²) in [5.74, 6) is 0.933. The predicted molar refractivity (Wildman–Crippen MR) is 104 cm³/mol. The first-order valence-corrected chi connectivity index (χ1v) is 9.25. The number of piperidine rings is 1. The summed E-state index contributed by atoms with van der Waals surface area (Å²) in [6.07, 6.45) is 3.50. The summed E-state index contributed by atoms with van der Waals surface area (Å²) in [5.41, 5.74) is 0.613. The van der Waals surface area contributed by atoms with Gasteiger partial charge in [-0.1, -0.05) is 6.07 Å². The maximum Gasteiger partial charge on any atom is 0.278 e. The van der Waals surface area contributed by atoms with Crippen LogP contribution in [0.2, 0.25) is 0 Å². The second-order valence-electron chi connectivity index (χ2n) is 6.82. The molecule has 1 amide bonds. The molecule has 4 rings (SSSR count). The van der Waals surface area contributed by atoms with E-state index in [1.807, 2.05) is 0 Å². The van der Waals surface area contributed by atoms with E-state index in [-0.39, 0.29) is 17.3 Å². The van der Waals surface area contributed by atoms with Crippen LogP contribution in [0.25, 0.3) is 5.69 Å². The van der Waals surface area contributed by atoms with E-state index in [4.69, 9.17) is 0 Å². The highest BCUT2D eigenvalue weighted by Crippen LogP contribution is 2.23. The van der Waals surface area contributed by atoms with Gasteiger partial charge in [-0.3, -0.25) is 20.2 Å². The molecular weight excluding hydrogens is 376 g/mol. The van der Waals surface area contributed by atoms with Gasteiger partial charge in [0.05, 0.1) is 10.6 Å². The second-order valence-corrected chi connectivity index (χ2v) is 6.82. The zero-order valence-corrected chi connectivity index (χ0v) is 15.8. The zero-order valence-electron chi connectivity index (χ0n) is 15.8. The fourth-order valence-electron chi connectivity index (χ4n) is 3.27. The Bertz CT molecular complexity index is 1050. The van der Waals surface area contributed by atoms with Crippen molar-refractivity contribution < 1.29 is 9.72 Å². The Morgan fingerprint density at radius 3 is 2.83 bits per heavy atom. The minimum Gasteiger partial charge on any atom is -0.317 e. The van der Waals surface area contributed by atoms with Crippen molar-refractivity contribution in [1.82, 2.24) is 29.9 Å². The van der Waals surface area contributed by atoms with Crippen molar-refractivity contribution in [3.8, 4) is 5.69 Å². The van der Waals surface area contributed by atoms with E-state index in [1.54, 1.807) is 30.1 Å². The van der Waals surface area contributed by atoms with Gasteiger partial charge in [-0.05, 0) is 38.1 Å². The Hall–Kier alpha value is -3.60. The molecule has 2 aromatic heterocycles. The van der Waals surface area contributed by atoms with Crippen molar-refractivity contribution in [3.63, 3.8) is 0 Å². The van der Waals surface area contributed by atoms with Gasteiger partial charge in [0, 0.05) is 31.3 Å². The molecule has 150 valence electrons. The second kappa shape index (κ2) is 7.80. The van der Waals surface area contributed by atoms with E-state index in [1.165, 1.54) is 22.9 Å². The molecule has 1 aromatic carbocycles. The third kappa shape index (κ3) is 3.99. The van der Waals surface area contributed by atoms with E-state index in [0.29, 0.717) is 11.6 Å². The van der Waals surface area contributed by atoms with Crippen LogP contribution < -0.4 is 10.6 Å². The topological polar surface area (TPSA) is 133 Å². The first-order chi connectivity index (χ1) is 14.0. The molecule has 1 aliphatic rings. The minimum atomic E-state index is -0.478. The van der Waals surface area contributed by atoms with Gasteiger partial charge < -0.3 is 5.32 Å². The fourth-order valence-corrected chi connectivity index (χ4v) is 3.27. The number of hydrogen-bond donors (Lipinski definition) is 2. The van der Waals surface area contributed by atoms with Crippen LogP contribution in [0, 0.1) is 10.1 Å². The number of nitrogens with zero attached hydrogens (tertiary/aromatic N) is 6. The molecule has 1 aliphatic heterocycles. The number of nitrogens with one attached hydrogen (secondary N) is 2. The van der Waals surface area contributed by atoms with Crippen LogP contribution in [0.5, 0.6) is 0 Å². The van der Waals surface area contributed by atoms with E-state index < -0.39 is 10.8 Å². The van der Waals surface area contributed by atoms with Crippen LogP contribution in [0.3, 0.4) is 0 Å². The molecule has 11 nitrogen and oxygen atoms in total. The quantitative estimate of drug-likeness (QED) is 0.495. The third-order valence-electron chi connectivity index (χ3n) is 4.84. The highest BCUT2D eigenvalue weighted by atomic mass is 16.6. The maximum absolute atomic E-state index is 12.6. The first kappa shape index (κ1) is 18.7. The van der Waals surface area contributed by atoms with Gasteiger partial charge in [0.1, 0.15) is 0 Å². The number of aromatic nitrogens is 5. The van der Waals surface area contributed by atoms with Crippen molar-refractivity contribution in [2.24, 2.45) is 7.05 Å². The number of nitro groups is 1. The smallest absolute Gasteiger partial charge is 0.278 e. The summed E-state index contributed by atoms with van der Waals surface area (Å²) in [5, 5.41) is 25.6. The van der Waals surface area contributed by atoms with Gasteiger partial charge in [-0.25, -0.2) is 9.36 Å². The molecule has 0 spiro atoms. The molecule has 0 saturated carbocycles.